The Hall–Kier alpha value is -2.16. The molecule has 0 aliphatic carbocycles. The number of carbonyl (C=O) groups is 1. The van der Waals surface area contributed by atoms with Gasteiger partial charge >= 0.3 is 12.3 Å². The fourth-order valence-corrected chi connectivity index (χ4v) is 2.58. The zero-order chi connectivity index (χ0) is 21.7. The van der Waals surface area contributed by atoms with E-state index in [1.54, 1.807) is 4.90 Å². The Morgan fingerprint density at radius 1 is 1.17 bits per heavy atom. The van der Waals surface area contributed by atoms with Crippen LogP contribution in [-0.2, 0) is 10.9 Å². The number of nitrogens with zero attached hydrogens (tertiary/aromatic N) is 3. The quantitative estimate of drug-likeness (QED) is 0.257. The lowest BCUT2D eigenvalue weighted by Gasteiger charge is -2.36. The van der Waals surface area contributed by atoms with Crippen LogP contribution < -0.4 is 5.73 Å². The number of alkyl halides is 3. The molecule has 1 heterocycles. The van der Waals surface area contributed by atoms with Crippen LogP contribution in [0.25, 0.3) is 0 Å². The third-order valence-corrected chi connectivity index (χ3v) is 4.00. The van der Waals surface area contributed by atoms with Gasteiger partial charge in [0, 0.05) is 31.7 Å². The molecule has 1 saturated heterocycles. The summed E-state index contributed by atoms with van der Waals surface area (Å²) in [5.41, 5.74) is 4.93. The highest BCUT2D eigenvalue weighted by Crippen LogP contribution is 2.29. The van der Waals surface area contributed by atoms with Gasteiger partial charge in [-0.3, -0.25) is 0 Å². The summed E-state index contributed by atoms with van der Waals surface area (Å²) in [6.07, 6.45) is -4.76. The maximum Gasteiger partial charge on any atom is 0.416 e. The summed E-state index contributed by atoms with van der Waals surface area (Å²) in [6, 6.07) is 4.81. The van der Waals surface area contributed by atoms with Crippen molar-refractivity contribution < 1.29 is 22.7 Å². The number of amides is 1. The lowest BCUT2D eigenvalue weighted by atomic mass is 10.1. The minimum Gasteiger partial charge on any atom is -0.444 e. The van der Waals surface area contributed by atoms with E-state index in [9.17, 15) is 18.0 Å². The molecule has 0 saturated carbocycles. The van der Waals surface area contributed by atoms with Gasteiger partial charge < -0.3 is 20.3 Å². The van der Waals surface area contributed by atoms with E-state index in [1.807, 2.05) is 25.7 Å². The Labute approximate surface area is 191 Å². The molecule has 0 spiro atoms. The van der Waals surface area contributed by atoms with Crippen LogP contribution in [0.5, 0.6) is 0 Å². The van der Waals surface area contributed by atoms with Gasteiger partial charge in [-0.05, 0) is 39.0 Å². The molecule has 2 N–H and O–H groups in total. The molecule has 6 nitrogen and oxygen atoms in total. The number of ether oxygens (including phenoxy) is 1. The second-order valence-corrected chi connectivity index (χ2v) is 7.51. The first kappa shape index (κ1) is 25.9. The van der Waals surface area contributed by atoms with Crippen LogP contribution in [-0.4, -0.2) is 60.2 Å². The molecular formula is C20H26F3IN4O2. The summed E-state index contributed by atoms with van der Waals surface area (Å²) in [5, 5.41) is 0. The number of hydrogen-bond donors (Lipinski definition) is 1. The van der Waals surface area contributed by atoms with Crippen molar-refractivity contribution in [3.05, 3.63) is 35.4 Å². The lowest BCUT2D eigenvalue weighted by molar-refractivity contribution is -0.137. The van der Waals surface area contributed by atoms with Crippen molar-refractivity contribution in [2.75, 3.05) is 32.7 Å². The molecule has 0 aromatic heterocycles. The summed E-state index contributed by atoms with van der Waals surface area (Å²) in [4.78, 5) is 19.6. The molecule has 1 aliphatic rings. The van der Waals surface area contributed by atoms with E-state index in [2.05, 4.69) is 16.8 Å². The highest BCUT2D eigenvalue weighted by Gasteiger charge is 2.30. The largest absolute Gasteiger partial charge is 0.444 e. The Bertz CT molecular complexity index is 818. The molecule has 30 heavy (non-hydrogen) atoms. The number of aliphatic imine (C=N–C) groups is 1. The van der Waals surface area contributed by atoms with Crippen molar-refractivity contribution in [1.29, 1.82) is 0 Å². The first-order valence-corrected chi connectivity index (χ1v) is 9.14. The van der Waals surface area contributed by atoms with Crippen LogP contribution in [0.2, 0.25) is 0 Å². The van der Waals surface area contributed by atoms with Crippen molar-refractivity contribution in [1.82, 2.24) is 9.80 Å². The Morgan fingerprint density at radius 3 is 2.33 bits per heavy atom. The molecule has 0 unspecified atom stereocenters. The molecule has 1 aromatic carbocycles. The summed E-state index contributed by atoms with van der Waals surface area (Å²) in [6.45, 7) is 7.44. The standard InChI is InChI=1S/C20H25F3N4O2.HI/c1-19(2,3)29-18(28)27-12-10-26(11-13-27)17(24)25-9-5-7-15-6-4-8-16(14-15)20(21,22)23;/h4,6,8,14H,9-13H2,1-3H3,(H2,24,25);1H. The Morgan fingerprint density at radius 2 is 1.77 bits per heavy atom. The van der Waals surface area contributed by atoms with Gasteiger partial charge in [-0.25, -0.2) is 9.79 Å². The van der Waals surface area contributed by atoms with Crippen LogP contribution in [0.1, 0.15) is 31.9 Å². The second kappa shape index (κ2) is 10.7. The molecule has 2 rings (SSSR count). The SMILES string of the molecule is CC(C)(C)OC(=O)N1CCN(C(N)=NCC#Cc2cccc(C(F)(F)F)c2)CC1.I. The molecule has 0 bridgehead atoms. The van der Waals surface area contributed by atoms with Crippen LogP contribution in [0.15, 0.2) is 29.3 Å². The number of rotatable bonds is 1. The number of benzene rings is 1. The molecule has 0 radical (unpaired) electrons. The van der Waals surface area contributed by atoms with Crippen LogP contribution >= 0.6 is 24.0 Å². The normalized spacial score (nSPS) is 15.1. The number of halogens is 4. The van der Waals surface area contributed by atoms with E-state index in [1.165, 1.54) is 12.1 Å². The third-order valence-electron chi connectivity index (χ3n) is 4.00. The highest BCUT2D eigenvalue weighted by atomic mass is 127. The predicted octanol–water partition coefficient (Wildman–Crippen LogP) is 3.54. The smallest absolute Gasteiger partial charge is 0.416 e. The van der Waals surface area contributed by atoms with Gasteiger partial charge in [0.05, 0.1) is 5.56 Å². The number of piperazine rings is 1. The van der Waals surface area contributed by atoms with Crippen molar-refractivity contribution in [3.63, 3.8) is 0 Å². The molecule has 0 atom stereocenters. The predicted molar refractivity (Wildman–Crippen MR) is 120 cm³/mol. The molecule has 1 aromatic rings. The highest BCUT2D eigenvalue weighted by molar-refractivity contribution is 14.0. The topological polar surface area (TPSA) is 71.2 Å². The van der Waals surface area contributed by atoms with Gasteiger partial charge in [0.25, 0.3) is 0 Å². The summed E-state index contributed by atoms with van der Waals surface area (Å²) in [7, 11) is 0. The number of hydrogen-bond acceptors (Lipinski definition) is 3. The fourth-order valence-electron chi connectivity index (χ4n) is 2.58. The van der Waals surface area contributed by atoms with Crippen LogP contribution in [0.3, 0.4) is 0 Å². The van der Waals surface area contributed by atoms with E-state index in [-0.39, 0.29) is 48.1 Å². The van der Waals surface area contributed by atoms with E-state index in [0.717, 1.165) is 12.1 Å². The van der Waals surface area contributed by atoms with Gasteiger partial charge in [-0.1, -0.05) is 17.9 Å². The summed E-state index contributed by atoms with van der Waals surface area (Å²) >= 11 is 0. The summed E-state index contributed by atoms with van der Waals surface area (Å²) < 4.78 is 43.4. The molecule has 166 valence electrons. The lowest BCUT2D eigenvalue weighted by Crippen LogP contribution is -2.53. The third kappa shape index (κ3) is 8.30. The monoisotopic (exact) mass is 538 g/mol. The van der Waals surface area contributed by atoms with Gasteiger partial charge in [0.15, 0.2) is 5.96 Å². The van der Waals surface area contributed by atoms with Gasteiger partial charge in [0.2, 0.25) is 0 Å². The number of nitrogens with two attached hydrogens (primary N) is 1. The van der Waals surface area contributed by atoms with Crippen molar-refractivity contribution in [2.45, 2.75) is 32.5 Å². The van der Waals surface area contributed by atoms with E-state index in [4.69, 9.17) is 10.5 Å². The van der Waals surface area contributed by atoms with E-state index < -0.39 is 17.3 Å². The zero-order valence-electron chi connectivity index (χ0n) is 17.1. The maximum absolute atomic E-state index is 12.7. The number of carbonyl (C=O) groups excluding carboxylic acids is 1. The maximum atomic E-state index is 12.7. The minimum absolute atomic E-state index is 0. The molecule has 1 fully saturated rings. The first-order chi connectivity index (χ1) is 13.5. The fraction of sp³-hybridized carbons (Fsp3) is 0.500. The van der Waals surface area contributed by atoms with Gasteiger partial charge in [-0.2, -0.15) is 13.2 Å². The first-order valence-electron chi connectivity index (χ1n) is 9.14. The average molecular weight is 538 g/mol. The molecule has 10 heteroatoms. The Balaban J connectivity index is 0.00000450. The average Bonchev–Trinajstić information content (AvgIpc) is 2.63. The Kier molecular flexibility index (Phi) is 9.27. The minimum atomic E-state index is -4.40. The van der Waals surface area contributed by atoms with Crippen molar-refractivity contribution >= 4 is 36.0 Å². The molecular weight excluding hydrogens is 512 g/mol. The van der Waals surface area contributed by atoms with Crippen LogP contribution in [0, 0.1) is 11.8 Å². The van der Waals surface area contributed by atoms with Crippen LogP contribution in [0.4, 0.5) is 18.0 Å². The zero-order valence-corrected chi connectivity index (χ0v) is 19.5. The van der Waals surface area contributed by atoms with Crippen molar-refractivity contribution in [2.24, 2.45) is 10.7 Å². The van der Waals surface area contributed by atoms with Gasteiger partial charge in [0.1, 0.15) is 12.1 Å². The van der Waals surface area contributed by atoms with Crippen molar-refractivity contribution in [3.8, 4) is 11.8 Å². The molecule has 1 amide bonds. The van der Waals surface area contributed by atoms with Gasteiger partial charge in [-0.15, -0.1) is 24.0 Å². The van der Waals surface area contributed by atoms with E-state index >= 15 is 0 Å². The molecule has 1 aliphatic heterocycles. The second-order valence-electron chi connectivity index (χ2n) is 7.51. The number of guanidine groups is 1. The van der Waals surface area contributed by atoms with E-state index in [0.29, 0.717) is 26.2 Å². The summed E-state index contributed by atoms with van der Waals surface area (Å²) in [5.74, 6) is 5.65.